The molecule has 9 heteroatoms. The highest BCUT2D eigenvalue weighted by Crippen LogP contribution is 2.16. The van der Waals surface area contributed by atoms with Gasteiger partial charge in [-0.3, -0.25) is 9.48 Å². The minimum absolute atomic E-state index is 0.198. The Labute approximate surface area is 117 Å². The van der Waals surface area contributed by atoms with Gasteiger partial charge in [0.15, 0.2) is 0 Å². The Morgan fingerprint density at radius 3 is 2.90 bits per heavy atom. The average Bonchev–Trinajstić information content (AvgIpc) is 2.96. The molecule has 0 aromatic carbocycles. The Hall–Kier alpha value is -2.58. The molecule has 0 aliphatic carbocycles. The third-order valence-corrected chi connectivity index (χ3v) is 2.47. The highest BCUT2D eigenvalue weighted by molar-refractivity contribution is 5.95. The molecule has 0 aliphatic heterocycles. The molecule has 2 aromatic heterocycles. The molecule has 0 radical (unpaired) electrons. The number of nitrogens with zero attached hydrogens (tertiary/aromatic N) is 3. The normalized spacial score (nSPS) is 12.0. The number of halogens is 3. The number of aromatic nitrogens is 2. The minimum atomic E-state index is -4.34. The first-order valence-electron chi connectivity index (χ1n) is 5.83. The van der Waals surface area contributed by atoms with E-state index in [0.717, 1.165) is 10.9 Å². The van der Waals surface area contributed by atoms with Crippen molar-refractivity contribution < 1.29 is 22.4 Å². The van der Waals surface area contributed by atoms with E-state index in [1.54, 1.807) is 6.92 Å². The maximum atomic E-state index is 12.1. The summed E-state index contributed by atoms with van der Waals surface area (Å²) in [5, 5.41) is 7.28. The Kier molecular flexibility index (Phi) is 4.10. The van der Waals surface area contributed by atoms with Gasteiger partial charge in [0.25, 0.3) is 5.91 Å². The largest absolute Gasteiger partial charge is 0.469 e. The summed E-state index contributed by atoms with van der Waals surface area (Å²) in [5.74, 6) is -0.0376. The molecule has 1 amide bonds. The van der Waals surface area contributed by atoms with E-state index in [1.165, 1.54) is 24.6 Å². The van der Waals surface area contributed by atoms with Crippen molar-refractivity contribution in [1.29, 1.82) is 0 Å². The summed E-state index contributed by atoms with van der Waals surface area (Å²) in [5.41, 5.74) is 2.76. The van der Waals surface area contributed by atoms with Crippen molar-refractivity contribution in [1.82, 2.24) is 15.2 Å². The van der Waals surface area contributed by atoms with Gasteiger partial charge in [0.2, 0.25) is 0 Å². The van der Waals surface area contributed by atoms with Crippen molar-refractivity contribution in [3.8, 4) is 0 Å². The van der Waals surface area contributed by atoms with Gasteiger partial charge >= 0.3 is 6.18 Å². The lowest BCUT2D eigenvalue weighted by Crippen LogP contribution is -2.18. The summed E-state index contributed by atoms with van der Waals surface area (Å²) < 4.78 is 42.1. The third kappa shape index (κ3) is 4.20. The highest BCUT2D eigenvalue weighted by atomic mass is 19.4. The second-order valence-corrected chi connectivity index (χ2v) is 4.14. The summed E-state index contributed by atoms with van der Waals surface area (Å²) in [4.78, 5) is 11.7. The van der Waals surface area contributed by atoms with Crippen molar-refractivity contribution in [2.75, 3.05) is 0 Å². The van der Waals surface area contributed by atoms with Crippen LogP contribution in [0.2, 0.25) is 0 Å². The van der Waals surface area contributed by atoms with Gasteiger partial charge in [-0.15, -0.1) is 0 Å². The lowest BCUT2D eigenvalue weighted by Gasteiger charge is -2.04. The zero-order valence-corrected chi connectivity index (χ0v) is 10.9. The molecule has 6 nitrogen and oxygen atoms in total. The second kappa shape index (κ2) is 5.81. The van der Waals surface area contributed by atoms with Gasteiger partial charge in [-0.25, -0.2) is 5.43 Å². The van der Waals surface area contributed by atoms with Crippen LogP contribution in [-0.2, 0) is 6.54 Å². The number of hydrazone groups is 1. The number of aryl methyl sites for hydroxylation is 1. The quantitative estimate of drug-likeness (QED) is 0.694. The first-order valence-corrected chi connectivity index (χ1v) is 5.83. The molecular formula is C12H11F3N4O2. The standard InChI is InChI=1S/C12H11F3N4O2/c1-8-10(3-5-21-8)11(20)17-16-6-9-2-4-19(18-9)7-12(13,14)15/h2-6H,7H2,1H3,(H,17,20). The van der Waals surface area contributed by atoms with E-state index < -0.39 is 18.6 Å². The molecule has 112 valence electrons. The average molecular weight is 300 g/mol. The number of hydrogen-bond acceptors (Lipinski definition) is 4. The molecule has 0 spiro atoms. The second-order valence-electron chi connectivity index (χ2n) is 4.14. The molecule has 0 fully saturated rings. The van der Waals surface area contributed by atoms with Gasteiger partial charge in [0.05, 0.1) is 18.0 Å². The number of amides is 1. The van der Waals surface area contributed by atoms with Crippen LogP contribution >= 0.6 is 0 Å². The number of nitrogens with one attached hydrogen (secondary N) is 1. The summed E-state index contributed by atoms with van der Waals surface area (Å²) in [6.07, 6.45) is -0.642. The van der Waals surface area contributed by atoms with Crippen molar-refractivity contribution >= 4 is 12.1 Å². The maximum Gasteiger partial charge on any atom is 0.408 e. The van der Waals surface area contributed by atoms with E-state index in [1.807, 2.05) is 0 Å². The van der Waals surface area contributed by atoms with Crippen LogP contribution < -0.4 is 5.43 Å². The molecule has 0 saturated carbocycles. The van der Waals surface area contributed by atoms with Crippen LogP contribution in [0.25, 0.3) is 0 Å². The summed E-state index contributed by atoms with van der Waals surface area (Å²) in [7, 11) is 0. The number of carbonyl (C=O) groups excluding carboxylic acids is 1. The Morgan fingerprint density at radius 1 is 1.52 bits per heavy atom. The smallest absolute Gasteiger partial charge is 0.408 e. The molecule has 2 aromatic rings. The molecular weight excluding hydrogens is 289 g/mol. The fourth-order valence-corrected chi connectivity index (χ4v) is 1.56. The number of rotatable bonds is 4. The van der Waals surface area contributed by atoms with Gasteiger partial charge in [0.1, 0.15) is 18.0 Å². The Bertz CT molecular complexity index is 658. The molecule has 0 aliphatic rings. The number of furan rings is 1. The molecule has 0 bridgehead atoms. The van der Waals surface area contributed by atoms with Crippen LogP contribution in [0.1, 0.15) is 21.8 Å². The Morgan fingerprint density at radius 2 is 2.29 bits per heavy atom. The van der Waals surface area contributed by atoms with Crippen LogP contribution in [0.3, 0.4) is 0 Å². The van der Waals surface area contributed by atoms with Gasteiger partial charge in [-0.05, 0) is 19.1 Å². The molecule has 2 rings (SSSR count). The fourth-order valence-electron chi connectivity index (χ4n) is 1.56. The Balaban J connectivity index is 1.93. The highest BCUT2D eigenvalue weighted by Gasteiger charge is 2.28. The van der Waals surface area contributed by atoms with E-state index in [0.29, 0.717) is 11.3 Å². The third-order valence-electron chi connectivity index (χ3n) is 2.47. The fraction of sp³-hybridized carbons (Fsp3) is 0.250. The van der Waals surface area contributed by atoms with Crippen molar-refractivity contribution in [2.45, 2.75) is 19.6 Å². The molecule has 0 unspecified atom stereocenters. The van der Waals surface area contributed by atoms with E-state index >= 15 is 0 Å². The summed E-state index contributed by atoms with van der Waals surface area (Å²) in [6.45, 7) is 0.443. The van der Waals surface area contributed by atoms with Crippen LogP contribution in [0.5, 0.6) is 0 Å². The predicted molar refractivity (Wildman–Crippen MR) is 66.8 cm³/mol. The van der Waals surface area contributed by atoms with E-state index in [9.17, 15) is 18.0 Å². The van der Waals surface area contributed by atoms with Crippen LogP contribution in [0.15, 0.2) is 34.1 Å². The molecule has 21 heavy (non-hydrogen) atoms. The predicted octanol–water partition coefficient (Wildman–Crippen LogP) is 2.11. The summed E-state index contributed by atoms with van der Waals surface area (Å²) >= 11 is 0. The maximum absolute atomic E-state index is 12.1. The zero-order chi connectivity index (χ0) is 15.5. The molecule has 2 heterocycles. The monoisotopic (exact) mass is 300 g/mol. The van der Waals surface area contributed by atoms with Gasteiger partial charge in [-0.2, -0.15) is 23.4 Å². The van der Waals surface area contributed by atoms with Gasteiger partial charge < -0.3 is 4.42 Å². The van der Waals surface area contributed by atoms with E-state index in [-0.39, 0.29) is 5.69 Å². The number of alkyl halides is 3. The number of carbonyl (C=O) groups is 1. The first kappa shape index (κ1) is 14.8. The van der Waals surface area contributed by atoms with Crippen molar-refractivity contribution in [3.63, 3.8) is 0 Å². The SMILES string of the molecule is Cc1occc1C(=O)NN=Cc1ccn(CC(F)(F)F)n1. The van der Waals surface area contributed by atoms with E-state index in [2.05, 4.69) is 15.6 Å². The topological polar surface area (TPSA) is 72.4 Å². The number of hydrogen-bond donors (Lipinski definition) is 1. The van der Waals surface area contributed by atoms with E-state index in [4.69, 9.17) is 4.42 Å². The van der Waals surface area contributed by atoms with Crippen LogP contribution in [-0.4, -0.2) is 28.1 Å². The molecule has 1 N–H and O–H groups in total. The van der Waals surface area contributed by atoms with Crippen molar-refractivity contribution in [3.05, 3.63) is 41.6 Å². The molecule has 0 atom stereocenters. The lowest BCUT2D eigenvalue weighted by atomic mass is 10.2. The van der Waals surface area contributed by atoms with Crippen LogP contribution in [0, 0.1) is 6.92 Å². The first-order chi connectivity index (χ1) is 9.85. The zero-order valence-electron chi connectivity index (χ0n) is 10.9. The van der Waals surface area contributed by atoms with Crippen LogP contribution in [0.4, 0.5) is 13.2 Å². The minimum Gasteiger partial charge on any atom is -0.469 e. The van der Waals surface area contributed by atoms with Crippen molar-refractivity contribution in [2.24, 2.45) is 5.10 Å². The van der Waals surface area contributed by atoms with Gasteiger partial charge in [0, 0.05) is 6.20 Å². The molecule has 0 saturated heterocycles. The lowest BCUT2D eigenvalue weighted by molar-refractivity contribution is -0.142. The summed E-state index contributed by atoms with van der Waals surface area (Å²) in [6, 6.07) is 2.84. The van der Waals surface area contributed by atoms with Gasteiger partial charge in [-0.1, -0.05) is 0 Å².